The van der Waals surface area contributed by atoms with Gasteiger partial charge in [-0.15, -0.1) is 0 Å². The van der Waals surface area contributed by atoms with Gasteiger partial charge in [0.15, 0.2) is 0 Å². The fourth-order valence-electron chi connectivity index (χ4n) is 1.58. The number of nitrogen functional groups attached to an aromatic ring is 1. The number of sulfonamides is 1. The fraction of sp³-hybridized carbons (Fsp3) is 0.333. The number of aromatic carboxylic acids is 1. The molecular weight excluding hydrogens is 300 g/mol. The summed E-state index contributed by atoms with van der Waals surface area (Å²) >= 11 is 0. The number of carbonyl (C=O) groups excluding carboxylic acids is 1. The Labute approximate surface area is 122 Å². The van der Waals surface area contributed by atoms with Gasteiger partial charge in [-0.25, -0.2) is 13.2 Å². The number of rotatable bonds is 6. The van der Waals surface area contributed by atoms with E-state index >= 15 is 0 Å². The summed E-state index contributed by atoms with van der Waals surface area (Å²) in [5.41, 5.74) is 5.13. The zero-order valence-electron chi connectivity index (χ0n) is 11.6. The van der Waals surface area contributed by atoms with Crippen molar-refractivity contribution in [2.75, 3.05) is 25.9 Å². The average molecular weight is 316 g/mol. The van der Waals surface area contributed by atoms with Gasteiger partial charge < -0.3 is 15.6 Å². The van der Waals surface area contributed by atoms with Gasteiger partial charge >= 0.3 is 11.9 Å². The topological polar surface area (TPSA) is 127 Å². The molecule has 1 aromatic rings. The molecule has 1 rings (SSSR count). The Morgan fingerprint density at radius 2 is 2.00 bits per heavy atom. The zero-order valence-corrected chi connectivity index (χ0v) is 12.4. The maximum Gasteiger partial charge on any atom is 0.337 e. The number of esters is 1. The summed E-state index contributed by atoms with van der Waals surface area (Å²) in [6.07, 6.45) is 0. The van der Waals surface area contributed by atoms with Crippen molar-refractivity contribution in [1.82, 2.24) is 4.31 Å². The van der Waals surface area contributed by atoms with Gasteiger partial charge in [-0.1, -0.05) is 0 Å². The van der Waals surface area contributed by atoms with Crippen molar-refractivity contribution >= 4 is 27.6 Å². The predicted octanol–water partition coefficient (Wildman–Crippen LogP) is 0.151. The molecule has 0 fully saturated rings. The van der Waals surface area contributed by atoms with E-state index in [4.69, 9.17) is 10.8 Å². The van der Waals surface area contributed by atoms with Crippen LogP contribution in [0.5, 0.6) is 0 Å². The molecule has 0 atom stereocenters. The Kier molecular flexibility index (Phi) is 5.28. The third-order valence-electron chi connectivity index (χ3n) is 2.58. The summed E-state index contributed by atoms with van der Waals surface area (Å²) in [6, 6.07) is 3.42. The first-order chi connectivity index (χ1) is 9.70. The number of nitrogens with two attached hydrogens (primary N) is 1. The number of carboxylic acid groups (broad SMARTS) is 1. The van der Waals surface area contributed by atoms with Crippen LogP contribution in [-0.4, -0.2) is 50.0 Å². The number of likely N-dealkylation sites (N-methyl/N-ethyl adjacent to an activating group) is 1. The van der Waals surface area contributed by atoms with Crippen molar-refractivity contribution in [3.8, 4) is 0 Å². The monoisotopic (exact) mass is 316 g/mol. The lowest BCUT2D eigenvalue weighted by atomic mass is 10.2. The van der Waals surface area contributed by atoms with Gasteiger partial charge in [0.2, 0.25) is 10.0 Å². The minimum absolute atomic E-state index is 0.120. The van der Waals surface area contributed by atoms with Crippen molar-refractivity contribution in [3.63, 3.8) is 0 Å². The molecule has 0 spiro atoms. The number of hydrogen-bond donors (Lipinski definition) is 2. The summed E-state index contributed by atoms with van der Waals surface area (Å²) in [6.45, 7) is 1.20. The SMILES string of the molecule is CCOC(=O)CN(C)S(=O)(=O)c1ccc(N)cc1C(=O)O. The van der Waals surface area contributed by atoms with E-state index in [2.05, 4.69) is 4.74 Å². The highest BCUT2D eigenvalue weighted by Gasteiger charge is 2.28. The predicted molar refractivity (Wildman–Crippen MR) is 74.3 cm³/mol. The molecule has 8 nitrogen and oxygen atoms in total. The van der Waals surface area contributed by atoms with Gasteiger partial charge in [-0.3, -0.25) is 4.79 Å². The van der Waals surface area contributed by atoms with Crippen LogP contribution in [-0.2, 0) is 19.6 Å². The van der Waals surface area contributed by atoms with Crippen LogP contribution in [0.25, 0.3) is 0 Å². The van der Waals surface area contributed by atoms with Gasteiger partial charge in [0.25, 0.3) is 0 Å². The van der Waals surface area contributed by atoms with Crippen molar-refractivity contribution in [2.45, 2.75) is 11.8 Å². The number of anilines is 1. The molecule has 0 unspecified atom stereocenters. The average Bonchev–Trinajstić information content (AvgIpc) is 2.38. The quantitative estimate of drug-likeness (QED) is 0.565. The number of carboxylic acids is 1. The summed E-state index contributed by atoms with van der Waals surface area (Å²) < 4.78 is 30.0. The van der Waals surface area contributed by atoms with Crippen LogP contribution in [0, 0.1) is 0 Å². The van der Waals surface area contributed by atoms with Crippen LogP contribution in [0.3, 0.4) is 0 Å². The Bertz CT molecular complexity index is 656. The van der Waals surface area contributed by atoms with E-state index in [0.29, 0.717) is 0 Å². The van der Waals surface area contributed by atoms with Gasteiger partial charge in [-0.2, -0.15) is 4.31 Å². The smallest absolute Gasteiger partial charge is 0.337 e. The minimum atomic E-state index is -4.15. The molecule has 0 saturated heterocycles. The first-order valence-electron chi connectivity index (χ1n) is 5.95. The van der Waals surface area contributed by atoms with Crippen LogP contribution >= 0.6 is 0 Å². The largest absolute Gasteiger partial charge is 0.478 e. The van der Waals surface area contributed by atoms with Gasteiger partial charge in [0.05, 0.1) is 17.1 Å². The van der Waals surface area contributed by atoms with E-state index < -0.39 is 39.0 Å². The number of benzene rings is 1. The summed E-state index contributed by atoms with van der Waals surface area (Å²) in [7, 11) is -2.99. The van der Waals surface area contributed by atoms with Gasteiger partial charge in [0, 0.05) is 12.7 Å². The minimum Gasteiger partial charge on any atom is -0.478 e. The molecule has 0 aromatic heterocycles. The Morgan fingerprint density at radius 3 is 2.52 bits per heavy atom. The standard InChI is InChI=1S/C12H16N2O6S/c1-3-20-11(15)7-14(2)21(18,19)10-5-4-8(13)6-9(10)12(16)17/h4-6H,3,7,13H2,1-2H3,(H,16,17). The third-order valence-corrected chi connectivity index (χ3v) is 4.44. The Hall–Kier alpha value is -2.13. The van der Waals surface area contributed by atoms with Crippen molar-refractivity contribution < 1.29 is 27.9 Å². The second kappa shape index (κ2) is 6.55. The zero-order chi connectivity index (χ0) is 16.2. The maximum absolute atomic E-state index is 12.3. The Balaban J connectivity index is 3.19. The molecule has 0 bridgehead atoms. The van der Waals surface area contributed by atoms with Gasteiger partial charge in [0.1, 0.15) is 6.54 Å². The lowest BCUT2D eigenvalue weighted by Crippen LogP contribution is -2.34. The molecular formula is C12H16N2O6S. The second-order valence-corrected chi connectivity index (χ2v) is 6.14. The van der Waals surface area contributed by atoms with E-state index in [-0.39, 0.29) is 12.3 Å². The highest BCUT2D eigenvalue weighted by Crippen LogP contribution is 2.22. The van der Waals surface area contributed by atoms with Crippen LogP contribution in [0.15, 0.2) is 23.1 Å². The third kappa shape index (κ3) is 3.92. The Morgan fingerprint density at radius 1 is 1.38 bits per heavy atom. The summed E-state index contributed by atoms with van der Waals surface area (Å²) in [4.78, 5) is 22.0. The number of carbonyl (C=O) groups is 2. The number of nitrogens with zero attached hydrogens (tertiary/aromatic N) is 1. The first-order valence-corrected chi connectivity index (χ1v) is 7.39. The number of hydrogen-bond acceptors (Lipinski definition) is 6. The van der Waals surface area contributed by atoms with E-state index in [1.165, 1.54) is 6.07 Å². The molecule has 1 aromatic carbocycles. The second-order valence-electron chi connectivity index (χ2n) is 4.13. The molecule has 116 valence electrons. The van der Waals surface area contributed by atoms with E-state index in [9.17, 15) is 18.0 Å². The molecule has 3 N–H and O–H groups in total. The number of ether oxygens (including phenoxy) is 1. The van der Waals surface area contributed by atoms with Crippen molar-refractivity contribution in [3.05, 3.63) is 23.8 Å². The molecule has 0 saturated carbocycles. The molecule has 21 heavy (non-hydrogen) atoms. The lowest BCUT2D eigenvalue weighted by molar-refractivity contribution is -0.143. The molecule has 0 amide bonds. The van der Waals surface area contributed by atoms with Gasteiger partial charge in [-0.05, 0) is 25.1 Å². The molecule has 0 heterocycles. The van der Waals surface area contributed by atoms with E-state index in [0.717, 1.165) is 23.5 Å². The van der Waals surface area contributed by atoms with Crippen molar-refractivity contribution in [1.29, 1.82) is 0 Å². The summed E-state index contributed by atoms with van der Waals surface area (Å²) in [5.74, 6) is -2.15. The van der Waals surface area contributed by atoms with Crippen LogP contribution < -0.4 is 5.73 Å². The van der Waals surface area contributed by atoms with Crippen LogP contribution in [0.1, 0.15) is 17.3 Å². The molecule has 0 radical (unpaired) electrons. The van der Waals surface area contributed by atoms with Crippen LogP contribution in [0.4, 0.5) is 5.69 Å². The van der Waals surface area contributed by atoms with E-state index in [1.54, 1.807) is 6.92 Å². The van der Waals surface area contributed by atoms with Crippen LogP contribution in [0.2, 0.25) is 0 Å². The summed E-state index contributed by atoms with van der Waals surface area (Å²) in [5, 5.41) is 9.07. The molecule has 0 aliphatic rings. The maximum atomic E-state index is 12.3. The molecule has 9 heteroatoms. The molecule has 0 aliphatic heterocycles. The normalized spacial score (nSPS) is 11.4. The van der Waals surface area contributed by atoms with E-state index in [1.807, 2.05) is 0 Å². The highest BCUT2D eigenvalue weighted by molar-refractivity contribution is 7.89. The van der Waals surface area contributed by atoms with Crippen molar-refractivity contribution in [2.24, 2.45) is 0 Å². The molecule has 0 aliphatic carbocycles. The fourth-order valence-corrected chi connectivity index (χ4v) is 2.86. The lowest BCUT2D eigenvalue weighted by Gasteiger charge is -2.17. The highest BCUT2D eigenvalue weighted by atomic mass is 32.2. The first kappa shape index (κ1) is 16.9.